The fourth-order valence-corrected chi connectivity index (χ4v) is 3.91. The van der Waals surface area contributed by atoms with Gasteiger partial charge in [-0.25, -0.2) is 4.68 Å². The van der Waals surface area contributed by atoms with Crippen molar-refractivity contribution in [1.29, 1.82) is 0 Å². The number of aryl methyl sites for hydroxylation is 1. The van der Waals surface area contributed by atoms with Gasteiger partial charge < -0.3 is 4.90 Å². The van der Waals surface area contributed by atoms with Gasteiger partial charge in [-0.2, -0.15) is 0 Å². The minimum Gasteiger partial charge on any atom is -0.340 e. The summed E-state index contributed by atoms with van der Waals surface area (Å²) in [5, 5.41) is 8.57. The lowest BCUT2D eigenvalue weighted by Gasteiger charge is -2.44. The number of benzene rings is 1. The fourth-order valence-electron chi connectivity index (χ4n) is 3.91. The van der Waals surface area contributed by atoms with E-state index < -0.39 is 0 Å². The number of aromatic nitrogens is 3. The molecule has 0 saturated carbocycles. The van der Waals surface area contributed by atoms with Gasteiger partial charge >= 0.3 is 0 Å². The molecule has 0 spiro atoms. The Morgan fingerprint density at radius 3 is 2.96 bits per heavy atom. The minimum atomic E-state index is -0.185. The largest absolute Gasteiger partial charge is 0.340 e. The van der Waals surface area contributed by atoms with E-state index in [2.05, 4.69) is 15.2 Å². The van der Waals surface area contributed by atoms with E-state index in [0.29, 0.717) is 23.4 Å². The second kappa shape index (κ2) is 6.92. The Labute approximate surface area is 146 Å². The van der Waals surface area contributed by atoms with Crippen LogP contribution in [0.5, 0.6) is 0 Å². The van der Waals surface area contributed by atoms with E-state index in [-0.39, 0.29) is 18.0 Å². The van der Waals surface area contributed by atoms with Crippen molar-refractivity contribution in [3.8, 4) is 0 Å². The van der Waals surface area contributed by atoms with Gasteiger partial charge in [-0.3, -0.25) is 14.5 Å². The SMILES string of the molecule is O=C(CCn1nnc2ccccc2c1=O)N1CCN2CCCC[C@H]2C1. The molecule has 1 aromatic carbocycles. The number of amides is 1. The van der Waals surface area contributed by atoms with Crippen LogP contribution in [0.25, 0.3) is 10.9 Å². The second-order valence-electron chi connectivity index (χ2n) is 6.91. The molecule has 0 N–H and O–H groups in total. The molecule has 1 aromatic heterocycles. The molecule has 4 rings (SSSR count). The maximum atomic E-state index is 12.6. The molecule has 7 heteroatoms. The molecular weight excluding hydrogens is 318 g/mol. The molecule has 2 fully saturated rings. The Hall–Kier alpha value is -2.28. The lowest BCUT2D eigenvalue weighted by molar-refractivity contribution is -0.135. The highest BCUT2D eigenvalue weighted by Gasteiger charge is 2.30. The van der Waals surface area contributed by atoms with E-state index in [1.807, 2.05) is 17.0 Å². The highest BCUT2D eigenvalue weighted by Crippen LogP contribution is 2.21. The summed E-state index contributed by atoms with van der Waals surface area (Å²) in [6.07, 6.45) is 4.00. The molecule has 2 aromatic rings. The van der Waals surface area contributed by atoms with Crippen molar-refractivity contribution in [3.05, 3.63) is 34.6 Å². The van der Waals surface area contributed by atoms with Crippen molar-refractivity contribution in [2.45, 2.75) is 38.3 Å². The number of hydrogen-bond acceptors (Lipinski definition) is 5. The number of nitrogens with zero attached hydrogens (tertiary/aromatic N) is 5. The Morgan fingerprint density at radius 2 is 2.04 bits per heavy atom. The molecule has 2 saturated heterocycles. The smallest absolute Gasteiger partial charge is 0.277 e. The standard InChI is InChI=1S/C18H23N5O2/c24-17(22-12-11-21-9-4-3-5-14(21)13-22)8-10-23-18(25)15-6-1-2-7-16(15)19-20-23/h1-2,6-7,14H,3-5,8-13H2/t14-/m0/s1. The van der Waals surface area contributed by atoms with Crippen molar-refractivity contribution in [2.24, 2.45) is 0 Å². The number of carbonyl (C=O) groups excluding carboxylic acids is 1. The number of carbonyl (C=O) groups is 1. The minimum absolute atomic E-state index is 0.104. The lowest BCUT2D eigenvalue weighted by atomic mass is 9.99. The van der Waals surface area contributed by atoms with Gasteiger partial charge in [0.25, 0.3) is 5.56 Å². The van der Waals surface area contributed by atoms with Gasteiger partial charge in [0, 0.05) is 32.1 Å². The molecule has 7 nitrogen and oxygen atoms in total. The van der Waals surface area contributed by atoms with Crippen LogP contribution in [0.4, 0.5) is 0 Å². The van der Waals surface area contributed by atoms with Gasteiger partial charge in [0.05, 0.1) is 11.9 Å². The Bertz CT molecular complexity index is 834. The zero-order valence-electron chi connectivity index (χ0n) is 14.3. The topological polar surface area (TPSA) is 71.3 Å². The summed E-state index contributed by atoms with van der Waals surface area (Å²) in [5.41, 5.74) is 0.402. The van der Waals surface area contributed by atoms with Crippen LogP contribution < -0.4 is 5.56 Å². The van der Waals surface area contributed by atoms with Crippen molar-refractivity contribution < 1.29 is 4.79 Å². The first-order valence-electron chi connectivity index (χ1n) is 9.07. The molecule has 0 aliphatic carbocycles. The van der Waals surface area contributed by atoms with Crippen molar-refractivity contribution in [3.63, 3.8) is 0 Å². The van der Waals surface area contributed by atoms with E-state index in [1.54, 1.807) is 12.1 Å². The average molecular weight is 341 g/mol. The molecular formula is C18H23N5O2. The van der Waals surface area contributed by atoms with Gasteiger partial charge in [-0.15, -0.1) is 5.10 Å². The average Bonchev–Trinajstić information content (AvgIpc) is 2.67. The molecule has 2 aliphatic heterocycles. The van der Waals surface area contributed by atoms with E-state index in [9.17, 15) is 9.59 Å². The van der Waals surface area contributed by atoms with Gasteiger partial charge in [0.15, 0.2) is 0 Å². The highest BCUT2D eigenvalue weighted by molar-refractivity contribution is 5.77. The molecule has 3 heterocycles. The van der Waals surface area contributed by atoms with E-state index in [4.69, 9.17) is 0 Å². The third-order valence-corrected chi connectivity index (χ3v) is 5.36. The van der Waals surface area contributed by atoms with Crippen LogP contribution in [-0.4, -0.2) is 62.9 Å². The van der Waals surface area contributed by atoms with Crippen LogP contribution in [0, 0.1) is 0 Å². The zero-order valence-corrected chi connectivity index (χ0v) is 14.3. The Kier molecular flexibility index (Phi) is 4.48. The summed E-state index contributed by atoms with van der Waals surface area (Å²) < 4.78 is 1.30. The molecule has 25 heavy (non-hydrogen) atoms. The second-order valence-corrected chi connectivity index (χ2v) is 6.91. The molecule has 132 valence electrons. The molecule has 1 atom stereocenters. The maximum Gasteiger partial charge on any atom is 0.277 e. The number of piperazine rings is 1. The summed E-state index contributed by atoms with van der Waals surface area (Å²) in [6.45, 7) is 4.01. The summed E-state index contributed by atoms with van der Waals surface area (Å²) in [4.78, 5) is 29.5. The van der Waals surface area contributed by atoms with Gasteiger partial charge in [0.1, 0.15) is 5.52 Å². The molecule has 2 aliphatic rings. The van der Waals surface area contributed by atoms with Crippen LogP contribution in [0.15, 0.2) is 29.1 Å². The van der Waals surface area contributed by atoms with E-state index in [0.717, 1.165) is 26.2 Å². The quantitative estimate of drug-likeness (QED) is 0.829. The monoisotopic (exact) mass is 341 g/mol. The highest BCUT2D eigenvalue weighted by atomic mass is 16.2. The molecule has 0 unspecified atom stereocenters. The van der Waals surface area contributed by atoms with E-state index in [1.165, 1.54) is 23.9 Å². The van der Waals surface area contributed by atoms with Gasteiger partial charge in [-0.05, 0) is 31.5 Å². The lowest BCUT2D eigenvalue weighted by Crippen LogP contribution is -2.56. The van der Waals surface area contributed by atoms with Crippen molar-refractivity contribution >= 4 is 16.8 Å². The van der Waals surface area contributed by atoms with E-state index >= 15 is 0 Å². The Morgan fingerprint density at radius 1 is 1.16 bits per heavy atom. The number of rotatable bonds is 3. The summed E-state index contributed by atoms with van der Waals surface area (Å²) in [6, 6.07) is 7.66. The van der Waals surface area contributed by atoms with Crippen molar-refractivity contribution in [1.82, 2.24) is 24.8 Å². The predicted octanol–water partition coefficient (Wildman–Crippen LogP) is 0.878. The van der Waals surface area contributed by atoms with Crippen molar-refractivity contribution in [2.75, 3.05) is 26.2 Å². The third kappa shape index (κ3) is 3.28. The molecule has 0 bridgehead atoms. The van der Waals surface area contributed by atoms with Crippen LogP contribution in [0.3, 0.4) is 0 Å². The number of piperidine rings is 1. The Balaban J connectivity index is 1.40. The van der Waals surface area contributed by atoms with Crippen LogP contribution in [0.2, 0.25) is 0 Å². The summed E-state index contributed by atoms with van der Waals surface area (Å²) in [7, 11) is 0. The predicted molar refractivity (Wildman–Crippen MR) is 94.2 cm³/mol. The molecule has 0 radical (unpaired) electrons. The van der Waals surface area contributed by atoms with Gasteiger partial charge in [-0.1, -0.05) is 23.8 Å². The first-order chi connectivity index (χ1) is 12.2. The number of hydrogen-bond donors (Lipinski definition) is 0. The number of fused-ring (bicyclic) bond motifs is 2. The maximum absolute atomic E-state index is 12.6. The third-order valence-electron chi connectivity index (χ3n) is 5.36. The zero-order chi connectivity index (χ0) is 17.2. The van der Waals surface area contributed by atoms with Crippen LogP contribution in [0.1, 0.15) is 25.7 Å². The van der Waals surface area contributed by atoms with Gasteiger partial charge in [0.2, 0.25) is 5.91 Å². The normalized spacial score (nSPS) is 21.3. The van der Waals surface area contributed by atoms with Crippen LogP contribution in [-0.2, 0) is 11.3 Å². The first kappa shape index (κ1) is 16.2. The first-order valence-corrected chi connectivity index (χ1v) is 9.07. The fraction of sp³-hybridized carbons (Fsp3) is 0.556. The van der Waals surface area contributed by atoms with Crippen LogP contribution >= 0.6 is 0 Å². The summed E-state index contributed by atoms with van der Waals surface area (Å²) >= 11 is 0. The summed E-state index contributed by atoms with van der Waals surface area (Å²) in [5.74, 6) is 0.104. The molecule has 1 amide bonds.